The van der Waals surface area contributed by atoms with Crippen molar-refractivity contribution >= 4 is 27.3 Å². The first-order valence-corrected chi connectivity index (χ1v) is 8.69. The second-order valence-corrected chi connectivity index (χ2v) is 6.69. The Morgan fingerprint density at radius 3 is 2.68 bits per heavy atom. The first-order chi connectivity index (χ1) is 12.2. The van der Waals surface area contributed by atoms with Gasteiger partial charge in [-0.25, -0.2) is 4.98 Å². The summed E-state index contributed by atoms with van der Waals surface area (Å²) in [5, 5.41) is 0. The number of aromatic nitrogens is 2. The van der Waals surface area contributed by atoms with E-state index in [4.69, 9.17) is 15.5 Å². The van der Waals surface area contributed by atoms with E-state index in [1.54, 1.807) is 0 Å². The van der Waals surface area contributed by atoms with Crippen LogP contribution in [0.25, 0.3) is 16.9 Å². The Bertz CT molecular complexity index is 1020. The lowest BCUT2D eigenvalue weighted by atomic mass is 10.1. The van der Waals surface area contributed by atoms with Crippen molar-refractivity contribution in [3.63, 3.8) is 0 Å². The van der Waals surface area contributed by atoms with Crippen molar-refractivity contribution in [3.05, 3.63) is 83.1 Å². The molecule has 4 aromatic rings. The summed E-state index contributed by atoms with van der Waals surface area (Å²) in [6.07, 6.45) is 3.95. The molecule has 0 radical (unpaired) electrons. The van der Waals surface area contributed by atoms with E-state index in [-0.39, 0.29) is 0 Å². The summed E-state index contributed by atoms with van der Waals surface area (Å²) in [6, 6.07) is 19.7. The van der Waals surface area contributed by atoms with E-state index in [1.807, 2.05) is 77.5 Å². The van der Waals surface area contributed by atoms with Crippen LogP contribution in [0.1, 0.15) is 5.56 Å². The highest BCUT2D eigenvalue weighted by Crippen LogP contribution is 2.26. The highest BCUT2D eigenvalue weighted by Gasteiger charge is 2.09. The molecular formula is C20H16BrN3O. The van der Waals surface area contributed by atoms with Crippen molar-refractivity contribution in [1.82, 2.24) is 9.38 Å². The Balaban J connectivity index is 1.64. The molecule has 0 atom stereocenters. The van der Waals surface area contributed by atoms with Gasteiger partial charge >= 0.3 is 0 Å². The molecule has 2 aromatic carbocycles. The molecule has 0 aliphatic rings. The maximum Gasteiger partial charge on any atom is 0.180 e. The van der Waals surface area contributed by atoms with Crippen LogP contribution in [-0.2, 0) is 6.61 Å². The number of pyridine rings is 1. The molecule has 2 heterocycles. The zero-order valence-electron chi connectivity index (χ0n) is 13.4. The molecule has 0 saturated heterocycles. The van der Waals surface area contributed by atoms with Crippen molar-refractivity contribution in [3.8, 4) is 17.0 Å². The van der Waals surface area contributed by atoms with Crippen LogP contribution in [0.15, 0.2) is 77.5 Å². The Hall–Kier alpha value is -2.79. The molecule has 4 nitrogen and oxygen atoms in total. The highest BCUT2D eigenvalue weighted by molar-refractivity contribution is 9.10. The summed E-state index contributed by atoms with van der Waals surface area (Å²) in [6.45, 7) is 0.493. The number of nitrogens with two attached hydrogens (primary N) is 1. The van der Waals surface area contributed by atoms with E-state index in [2.05, 4.69) is 15.9 Å². The maximum absolute atomic E-state index is 5.99. The molecule has 2 aromatic heterocycles. The number of nitrogens with zero attached hydrogens (tertiary/aromatic N) is 2. The fourth-order valence-electron chi connectivity index (χ4n) is 2.68. The number of nitrogen functional groups attached to an aromatic ring is 1. The van der Waals surface area contributed by atoms with E-state index in [0.29, 0.717) is 6.61 Å². The van der Waals surface area contributed by atoms with Gasteiger partial charge in [0.1, 0.15) is 6.61 Å². The number of hydrogen-bond acceptors (Lipinski definition) is 3. The average Bonchev–Trinajstić information content (AvgIpc) is 3.06. The van der Waals surface area contributed by atoms with Crippen LogP contribution in [0.3, 0.4) is 0 Å². The van der Waals surface area contributed by atoms with Crippen molar-refractivity contribution in [2.45, 2.75) is 6.61 Å². The third-order valence-corrected chi connectivity index (χ3v) is 4.47. The van der Waals surface area contributed by atoms with Gasteiger partial charge in [0.25, 0.3) is 0 Å². The molecule has 25 heavy (non-hydrogen) atoms. The minimum Gasteiger partial charge on any atom is -0.485 e. The van der Waals surface area contributed by atoms with Gasteiger partial charge in [-0.15, -0.1) is 0 Å². The number of ether oxygens (including phenoxy) is 1. The molecule has 5 heteroatoms. The molecule has 0 bridgehead atoms. The topological polar surface area (TPSA) is 52.5 Å². The maximum atomic E-state index is 5.99. The summed E-state index contributed by atoms with van der Waals surface area (Å²) < 4.78 is 9.02. The van der Waals surface area contributed by atoms with Gasteiger partial charge in [0.2, 0.25) is 0 Å². The second-order valence-electron chi connectivity index (χ2n) is 5.77. The molecule has 0 spiro atoms. The largest absolute Gasteiger partial charge is 0.485 e. The number of rotatable bonds is 4. The Labute approximate surface area is 154 Å². The predicted octanol–water partition coefficient (Wildman–Crippen LogP) is 4.93. The molecule has 2 N–H and O–H groups in total. The number of anilines is 1. The molecule has 0 unspecified atom stereocenters. The highest BCUT2D eigenvalue weighted by atomic mass is 79.9. The van der Waals surface area contributed by atoms with Crippen molar-refractivity contribution < 1.29 is 4.74 Å². The van der Waals surface area contributed by atoms with E-state index < -0.39 is 0 Å². The standard InChI is InChI=1S/C20H16BrN3O/c21-16-8-6-14(7-9-16)13-25-19-5-2-10-24-12-18(23-20(19)24)15-3-1-4-17(22)11-15/h1-12H,13,22H2. The zero-order valence-corrected chi connectivity index (χ0v) is 15.0. The Morgan fingerprint density at radius 1 is 1.04 bits per heavy atom. The van der Waals surface area contributed by atoms with Gasteiger partial charge in [0, 0.05) is 28.1 Å². The summed E-state index contributed by atoms with van der Waals surface area (Å²) >= 11 is 3.44. The van der Waals surface area contributed by atoms with E-state index in [0.717, 1.165) is 38.4 Å². The van der Waals surface area contributed by atoms with Crippen LogP contribution in [0.4, 0.5) is 5.69 Å². The Kier molecular flexibility index (Phi) is 4.15. The van der Waals surface area contributed by atoms with Crippen LogP contribution < -0.4 is 10.5 Å². The van der Waals surface area contributed by atoms with Crippen LogP contribution >= 0.6 is 15.9 Å². The normalized spacial score (nSPS) is 10.9. The van der Waals surface area contributed by atoms with E-state index in [9.17, 15) is 0 Å². The number of fused-ring (bicyclic) bond motifs is 1. The molecule has 0 aliphatic heterocycles. The quantitative estimate of drug-likeness (QED) is 0.500. The lowest BCUT2D eigenvalue weighted by Gasteiger charge is -2.07. The third kappa shape index (κ3) is 3.37. The van der Waals surface area contributed by atoms with Gasteiger partial charge in [-0.05, 0) is 42.0 Å². The summed E-state index contributed by atoms with van der Waals surface area (Å²) in [5.74, 6) is 0.751. The number of imidazole rings is 1. The van der Waals surface area contributed by atoms with Gasteiger partial charge < -0.3 is 14.9 Å². The minimum absolute atomic E-state index is 0.493. The van der Waals surface area contributed by atoms with Crippen LogP contribution in [0.5, 0.6) is 5.75 Å². The predicted molar refractivity (Wildman–Crippen MR) is 104 cm³/mol. The lowest BCUT2D eigenvalue weighted by Crippen LogP contribution is -1.97. The molecule has 4 rings (SSSR count). The Morgan fingerprint density at radius 2 is 1.88 bits per heavy atom. The van der Waals surface area contributed by atoms with E-state index in [1.165, 1.54) is 0 Å². The monoisotopic (exact) mass is 393 g/mol. The lowest BCUT2D eigenvalue weighted by molar-refractivity contribution is 0.308. The minimum atomic E-state index is 0.493. The number of halogens is 1. The summed E-state index contributed by atoms with van der Waals surface area (Å²) in [5.41, 5.74) is 10.4. The molecule has 0 aliphatic carbocycles. The average molecular weight is 394 g/mol. The molecule has 0 amide bonds. The van der Waals surface area contributed by atoms with Gasteiger partial charge in [-0.2, -0.15) is 0 Å². The fraction of sp³-hybridized carbons (Fsp3) is 0.0500. The van der Waals surface area contributed by atoms with Gasteiger partial charge in [-0.1, -0.05) is 40.2 Å². The number of hydrogen-bond donors (Lipinski definition) is 1. The van der Waals surface area contributed by atoms with Gasteiger partial charge in [-0.3, -0.25) is 0 Å². The van der Waals surface area contributed by atoms with Crippen molar-refractivity contribution in [2.24, 2.45) is 0 Å². The zero-order chi connectivity index (χ0) is 17.2. The smallest absolute Gasteiger partial charge is 0.180 e. The van der Waals surface area contributed by atoms with Crippen molar-refractivity contribution in [2.75, 3.05) is 5.73 Å². The number of benzene rings is 2. The molecule has 124 valence electrons. The first-order valence-electron chi connectivity index (χ1n) is 7.90. The molecule has 0 fully saturated rings. The fourth-order valence-corrected chi connectivity index (χ4v) is 2.94. The second kappa shape index (κ2) is 6.61. The van der Waals surface area contributed by atoms with Crippen LogP contribution in [-0.4, -0.2) is 9.38 Å². The van der Waals surface area contributed by atoms with Gasteiger partial charge in [0.15, 0.2) is 11.4 Å². The van der Waals surface area contributed by atoms with Crippen molar-refractivity contribution in [1.29, 1.82) is 0 Å². The molecular weight excluding hydrogens is 378 g/mol. The SMILES string of the molecule is Nc1cccc(-c2cn3cccc(OCc4ccc(Br)cc4)c3n2)c1. The molecule has 0 saturated carbocycles. The van der Waals surface area contributed by atoms with Crippen LogP contribution in [0, 0.1) is 0 Å². The van der Waals surface area contributed by atoms with Gasteiger partial charge in [0.05, 0.1) is 5.69 Å². The third-order valence-electron chi connectivity index (χ3n) is 3.94. The first kappa shape index (κ1) is 15.7. The van der Waals surface area contributed by atoms with Crippen LogP contribution in [0.2, 0.25) is 0 Å². The van der Waals surface area contributed by atoms with E-state index >= 15 is 0 Å². The summed E-state index contributed by atoms with van der Waals surface area (Å²) in [4.78, 5) is 4.73. The summed E-state index contributed by atoms with van der Waals surface area (Å²) in [7, 11) is 0.